The Morgan fingerprint density at radius 2 is 2.38 bits per heavy atom. The minimum Gasteiger partial charge on any atom is -0.340 e. The van der Waals surface area contributed by atoms with Gasteiger partial charge in [-0.15, -0.1) is 11.3 Å². The van der Waals surface area contributed by atoms with E-state index in [0.717, 1.165) is 3.79 Å². The summed E-state index contributed by atoms with van der Waals surface area (Å²) in [5, 5.41) is 7.18. The highest BCUT2D eigenvalue weighted by Gasteiger charge is 2.09. The molecule has 0 radical (unpaired) electrons. The van der Waals surface area contributed by atoms with Gasteiger partial charge in [0.2, 0.25) is 5.89 Å². The molecule has 0 amide bonds. The number of hydrogen-bond acceptors (Lipinski definition) is 5. The molecule has 16 heavy (non-hydrogen) atoms. The van der Waals surface area contributed by atoms with E-state index in [4.69, 9.17) is 4.52 Å². The summed E-state index contributed by atoms with van der Waals surface area (Å²) in [6.07, 6.45) is 0. The molecule has 1 atom stereocenters. The molecule has 0 aliphatic rings. The van der Waals surface area contributed by atoms with Gasteiger partial charge in [0.15, 0.2) is 5.82 Å². The first-order valence-corrected chi connectivity index (χ1v) is 6.54. The maximum Gasteiger partial charge on any atom is 0.223 e. The molecule has 0 bridgehead atoms. The standard InChI is InChI=1S/C10H12BrN3OS/c1-6(8-3-4-9(11)16-8)12-5-10-13-7(2)15-14-10/h3-4,6,12H,5H2,1-2H3. The first-order chi connectivity index (χ1) is 7.65. The summed E-state index contributed by atoms with van der Waals surface area (Å²) in [6.45, 7) is 4.52. The van der Waals surface area contributed by atoms with Gasteiger partial charge in [0.05, 0.1) is 10.3 Å². The number of nitrogens with zero attached hydrogens (tertiary/aromatic N) is 2. The number of rotatable bonds is 4. The molecule has 0 spiro atoms. The number of thiophene rings is 1. The zero-order valence-electron chi connectivity index (χ0n) is 9.03. The van der Waals surface area contributed by atoms with Crippen LogP contribution in [0.25, 0.3) is 0 Å². The minimum atomic E-state index is 0.287. The quantitative estimate of drug-likeness (QED) is 0.943. The normalized spacial score (nSPS) is 12.9. The highest BCUT2D eigenvalue weighted by molar-refractivity contribution is 9.11. The molecule has 0 saturated heterocycles. The van der Waals surface area contributed by atoms with Crippen molar-refractivity contribution in [2.75, 3.05) is 0 Å². The summed E-state index contributed by atoms with van der Waals surface area (Å²) in [6, 6.07) is 4.44. The second-order valence-electron chi connectivity index (χ2n) is 3.47. The Morgan fingerprint density at radius 3 is 2.94 bits per heavy atom. The predicted molar refractivity (Wildman–Crippen MR) is 66.3 cm³/mol. The molecule has 2 aromatic rings. The van der Waals surface area contributed by atoms with E-state index in [1.807, 2.05) is 0 Å². The topological polar surface area (TPSA) is 51.0 Å². The zero-order valence-corrected chi connectivity index (χ0v) is 11.4. The van der Waals surface area contributed by atoms with Crippen LogP contribution in [0, 0.1) is 6.92 Å². The minimum absolute atomic E-state index is 0.287. The lowest BCUT2D eigenvalue weighted by molar-refractivity contribution is 0.384. The van der Waals surface area contributed by atoms with E-state index in [0.29, 0.717) is 18.3 Å². The average Bonchev–Trinajstić information content (AvgIpc) is 2.84. The van der Waals surface area contributed by atoms with Crippen LogP contribution < -0.4 is 5.32 Å². The Kier molecular flexibility index (Phi) is 3.73. The van der Waals surface area contributed by atoms with Crippen LogP contribution in [0.1, 0.15) is 29.6 Å². The van der Waals surface area contributed by atoms with Crippen LogP contribution in [0.3, 0.4) is 0 Å². The van der Waals surface area contributed by atoms with Crippen LogP contribution in [0.5, 0.6) is 0 Å². The number of nitrogens with one attached hydrogen (secondary N) is 1. The summed E-state index contributed by atoms with van der Waals surface area (Å²) in [7, 11) is 0. The van der Waals surface area contributed by atoms with E-state index in [1.165, 1.54) is 4.88 Å². The molecule has 2 rings (SSSR count). The lowest BCUT2D eigenvalue weighted by Gasteiger charge is -2.09. The molecule has 6 heteroatoms. The summed E-state index contributed by atoms with van der Waals surface area (Å²) < 4.78 is 6.05. The molecule has 0 aromatic carbocycles. The smallest absolute Gasteiger partial charge is 0.223 e. The van der Waals surface area contributed by atoms with Crippen LogP contribution in [0.4, 0.5) is 0 Å². The van der Waals surface area contributed by atoms with Crippen LogP contribution in [-0.4, -0.2) is 10.1 Å². The second kappa shape index (κ2) is 5.07. The molecule has 1 unspecified atom stereocenters. The maximum absolute atomic E-state index is 4.90. The van der Waals surface area contributed by atoms with Gasteiger partial charge in [-0.2, -0.15) is 4.98 Å². The SMILES string of the molecule is Cc1nc(CNC(C)c2ccc(Br)s2)no1. The monoisotopic (exact) mass is 301 g/mol. The molecule has 2 heterocycles. The van der Waals surface area contributed by atoms with E-state index in [-0.39, 0.29) is 6.04 Å². The molecule has 0 saturated carbocycles. The van der Waals surface area contributed by atoms with Crippen molar-refractivity contribution >= 4 is 27.3 Å². The highest BCUT2D eigenvalue weighted by atomic mass is 79.9. The first-order valence-electron chi connectivity index (χ1n) is 4.93. The molecule has 0 aliphatic heterocycles. The van der Waals surface area contributed by atoms with Crippen LogP contribution >= 0.6 is 27.3 Å². The third-order valence-electron chi connectivity index (χ3n) is 2.16. The average molecular weight is 302 g/mol. The third-order valence-corrected chi connectivity index (χ3v) is 3.96. The molecular weight excluding hydrogens is 290 g/mol. The van der Waals surface area contributed by atoms with E-state index in [1.54, 1.807) is 18.3 Å². The van der Waals surface area contributed by atoms with Crippen molar-refractivity contribution in [1.82, 2.24) is 15.5 Å². The molecule has 0 aliphatic carbocycles. The molecular formula is C10H12BrN3OS. The number of hydrogen-bond donors (Lipinski definition) is 1. The molecule has 4 nitrogen and oxygen atoms in total. The first kappa shape index (κ1) is 11.8. The number of aryl methyl sites for hydroxylation is 1. The summed E-state index contributed by atoms with van der Waals surface area (Å²) in [4.78, 5) is 5.42. The van der Waals surface area contributed by atoms with Crippen molar-refractivity contribution in [3.63, 3.8) is 0 Å². The van der Waals surface area contributed by atoms with Gasteiger partial charge in [0.25, 0.3) is 0 Å². The Labute approximate surface area is 106 Å². The largest absolute Gasteiger partial charge is 0.340 e. The molecule has 2 aromatic heterocycles. The van der Waals surface area contributed by atoms with Gasteiger partial charge >= 0.3 is 0 Å². The lowest BCUT2D eigenvalue weighted by atomic mass is 10.3. The van der Waals surface area contributed by atoms with Crippen molar-refractivity contribution in [1.29, 1.82) is 0 Å². The van der Waals surface area contributed by atoms with E-state index in [2.05, 4.69) is 50.4 Å². The number of halogens is 1. The van der Waals surface area contributed by atoms with Crippen LogP contribution in [-0.2, 0) is 6.54 Å². The van der Waals surface area contributed by atoms with E-state index >= 15 is 0 Å². The Hall–Kier alpha value is -0.720. The fourth-order valence-electron chi connectivity index (χ4n) is 1.32. The molecule has 1 N–H and O–H groups in total. The Bertz CT molecular complexity index is 468. The van der Waals surface area contributed by atoms with Crippen LogP contribution in [0.15, 0.2) is 20.4 Å². The van der Waals surface area contributed by atoms with Gasteiger partial charge in [0, 0.05) is 17.8 Å². The van der Waals surface area contributed by atoms with Gasteiger partial charge in [-0.25, -0.2) is 0 Å². The van der Waals surface area contributed by atoms with Gasteiger partial charge in [-0.1, -0.05) is 5.16 Å². The van der Waals surface area contributed by atoms with Gasteiger partial charge in [-0.3, -0.25) is 0 Å². The molecule has 86 valence electrons. The van der Waals surface area contributed by atoms with Crippen molar-refractivity contribution in [3.8, 4) is 0 Å². The Balaban J connectivity index is 1.91. The van der Waals surface area contributed by atoms with Gasteiger partial charge < -0.3 is 9.84 Å². The van der Waals surface area contributed by atoms with Crippen LogP contribution in [0.2, 0.25) is 0 Å². The molecule has 0 fully saturated rings. The maximum atomic E-state index is 4.90. The predicted octanol–water partition coefficient (Wildman–Crippen LogP) is 3.05. The second-order valence-corrected chi connectivity index (χ2v) is 5.97. The highest BCUT2D eigenvalue weighted by Crippen LogP contribution is 2.27. The fraction of sp³-hybridized carbons (Fsp3) is 0.400. The summed E-state index contributed by atoms with van der Waals surface area (Å²) in [5.74, 6) is 1.29. The third kappa shape index (κ3) is 2.90. The van der Waals surface area contributed by atoms with Crippen molar-refractivity contribution in [2.45, 2.75) is 26.4 Å². The van der Waals surface area contributed by atoms with Crippen molar-refractivity contribution in [3.05, 3.63) is 32.5 Å². The van der Waals surface area contributed by atoms with E-state index < -0.39 is 0 Å². The Morgan fingerprint density at radius 1 is 1.56 bits per heavy atom. The summed E-state index contributed by atoms with van der Waals surface area (Å²) in [5.41, 5.74) is 0. The fourth-order valence-corrected chi connectivity index (χ4v) is 2.77. The lowest BCUT2D eigenvalue weighted by Crippen LogP contribution is -2.17. The van der Waals surface area contributed by atoms with Gasteiger partial charge in [0.1, 0.15) is 0 Å². The number of aromatic nitrogens is 2. The summed E-state index contributed by atoms with van der Waals surface area (Å²) >= 11 is 5.18. The van der Waals surface area contributed by atoms with Crippen molar-refractivity contribution in [2.24, 2.45) is 0 Å². The van der Waals surface area contributed by atoms with Gasteiger partial charge in [-0.05, 0) is 35.0 Å². The van der Waals surface area contributed by atoms with Crippen molar-refractivity contribution < 1.29 is 4.52 Å². The zero-order chi connectivity index (χ0) is 11.5. The van der Waals surface area contributed by atoms with E-state index in [9.17, 15) is 0 Å².